The summed E-state index contributed by atoms with van der Waals surface area (Å²) in [4.78, 5) is 16.8. The minimum absolute atomic E-state index is 0.0147. The molecule has 3 rings (SSSR count). The topological polar surface area (TPSA) is 50.2 Å². The molecule has 1 aliphatic rings. The van der Waals surface area contributed by atoms with E-state index in [-0.39, 0.29) is 11.0 Å². The Morgan fingerprint density at radius 3 is 2.58 bits per heavy atom. The standard InChI is InChI=1S/C15H21N3O/c1-15(2,3)11-8-12-16-14(10-6-4-5-7-10)17-18(12)13(19)9-11/h8-10H,4-7H2,1-3H3,(H,16,17). The minimum atomic E-state index is -0.0274. The molecule has 0 radical (unpaired) electrons. The zero-order chi connectivity index (χ0) is 13.6. The number of aromatic amines is 1. The second-order valence-electron chi connectivity index (χ2n) is 6.62. The fraction of sp³-hybridized carbons (Fsp3) is 0.600. The van der Waals surface area contributed by atoms with Crippen LogP contribution in [0.25, 0.3) is 5.65 Å². The van der Waals surface area contributed by atoms with Crippen molar-refractivity contribution in [2.45, 2.75) is 57.8 Å². The highest BCUT2D eigenvalue weighted by Gasteiger charge is 2.22. The number of rotatable bonds is 1. The monoisotopic (exact) mass is 259 g/mol. The Kier molecular flexibility index (Phi) is 2.77. The van der Waals surface area contributed by atoms with Gasteiger partial charge in [-0.1, -0.05) is 33.6 Å². The molecular weight excluding hydrogens is 238 g/mol. The maximum absolute atomic E-state index is 12.2. The molecule has 0 amide bonds. The average Bonchev–Trinajstić information content (AvgIpc) is 2.95. The summed E-state index contributed by atoms with van der Waals surface area (Å²) in [6, 6.07) is 3.74. The molecule has 0 atom stereocenters. The molecular formula is C15H21N3O. The number of nitrogens with zero attached hydrogens (tertiary/aromatic N) is 2. The number of nitrogens with one attached hydrogen (secondary N) is 1. The second kappa shape index (κ2) is 4.22. The van der Waals surface area contributed by atoms with Crippen molar-refractivity contribution in [3.05, 3.63) is 33.9 Å². The van der Waals surface area contributed by atoms with Gasteiger partial charge in [0.05, 0.1) is 0 Å². The quantitative estimate of drug-likeness (QED) is 0.856. The summed E-state index contributed by atoms with van der Waals surface area (Å²) in [5.41, 5.74) is 1.75. The smallest absolute Gasteiger partial charge is 0.271 e. The molecule has 0 aliphatic heterocycles. The van der Waals surface area contributed by atoms with Gasteiger partial charge in [-0.3, -0.25) is 9.89 Å². The van der Waals surface area contributed by atoms with E-state index in [1.165, 1.54) is 25.7 Å². The van der Waals surface area contributed by atoms with Crippen molar-refractivity contribution < 1.29 is 0 Å². The van der Waals surface area contributed by atoms with Gasteiger partial charge in [0, 0.05) is 12.0 Å². The molecule has 1 N–H and O–H groups in total. The van der Waals surface area contributed by atoms with Crippen molar-refractivity contribution in [3.63, 3.8) is 0 Å². The molecule has 19 heavy (non-hydrogen) atoms. The molecule has 1 saturated carbocycles. The first-order chi connectivity index (χ1) is 8.95. The summed E-state index contributed by atoms with van der Waals surface area (Å²) in [5, 5.41) is 3.18. The summed E-state index contributed by atoms with van der Waals surface area (Å²) in [5.74, 6) is 1.47. The molecule has 0 saturated heterocycles. The highest BCUT2D eigenvalue weighted by molar-refractivity contribution is 5.43. The largest absolute Gasteiger partial charge is 0.276 e. The molecule has 0 aromatic carbocycles. The number of pyridine rings is 1. The Balaban J connectivity index is 2.12. The maximum Gasteiger partial charge on any atom is 0.271 e. The SMILES string of the molecule is CC(C)(C)c1cc(=O)n2[nH]c(C3CCCC3)nc2c1. The third-order valence-corrected chi connectivity index (χ3v) is 4.08. The van der Waals surface area contributed by atoms with Crippen LogP contribution < -0.4 is 5.56 Å². The van der Waals surface area contributed by atoms with E-state index in [0.29, 0.717) is 5.92 Å². The molecule has 0 unspecified atom stereocenters. The molecule has 2 aromatic rings. The van der Waals surface area contributed by atoms with Crippen LogP contribution in [0.3, 0.4) is 0 Å². The molecule has 2 aromatic heterocycles. The van der Waals surface area contributed by atoms with E-state index >= 15 is 0 Å². The van der Waals surface area contributed by atoms with Gasteiger partial charge in [0.15, 0.2) is 5.65 Å². The van der Waals surface area contributed by atoms with Gasteiger partial charge < -0.3 is 0 Å². The molecule has 1 aliphatic carbocycles. The van der Waals surface area contributed by atoms with Crippen molar-refractivity contribution in [2.24, 2.45) is 0 Å². The fourth-order valence-electron chi connectivity index (χ4n) is 2.83. The van der Waals surface area contributed by atoms with E-state index in [4.69, 9.17) is 0 Å². The summed E-state index contributed by atoms with van der Waals surface area (Å²) >= 11 is 0. The molecule has 4 nitrogen and oxygen atoms in total. The van der Waals surface area contributed by atoms with Crippen LogP contribution in [0.2, 0.25) is 0 Å². The summed E-state index contributed by atoms with van der Waals surface area (Å²) in [7, 11) is 0. The van der Waals surface area contributed by atoms with E-state index in [0.717, 1.165) is 17.0 Å². The van der Waals surface area contributed by atoms with Crippen molar-refractivity contribution in [2.75, 3.05) is 0 Å². The first-order valence-electron chi connectivity index (χ1n) is 7.08. The molecule has 0 spiro atoms. The van der Waals surface area contributed by atoms with E-state index < -0.39 is 0 Å². The molecule has 2 heterocycles. The lowest BCUT2D eigenvalue weighted by atomic mass is 9.88. The van der Waals surface area contributed by atoms with Crippen molar-refractivity contribution >= 4 is 5.65 Å². The average molecular weight is 259 g/mol. The summed E-state index contributed by atoms with van der Waals surface area (Å²) in [6.45, 7) is 6.34. The molecule has 4 heteroatoms. The molecule has 102 valence electrons. The zero-order valence-electron chi connectivity index (χ0n) is 11.9. The predicted molar refractivity (Wildman–Crippen MR) is 75.7 cm³/mol. The van der Waals surface area contributed by atoms with E-state index in [1.807, 2.05) is 6.07 Å². The Labute approximate surface area is 112 Å². The maximum atomic E-state index is 12.2. The lowest BCUT2D eigenvalue weighted by Gasteiger charge is -2.18. The van der Waals surface area contributed by atoms with Crippen molar-refractivity contribution in [1.29, 1.82) is 0 Å². The zero-order valence-corrected chi connectivity index (χ0v) is 11.9. The van der Waals surface area contributed by atoms with E-state index in [9.17, 15) is 4.79 Å². The lowest BCUT2D eigenvalue weighted by molar-refractivity contribution is 0.588. The van der Waals surface area contributed by atoms with Gasteiger partial charge in [-0.2, -0.15) is 0 Å². The lowest BCUT2D eigenvalue weighted by Crippen LogP contribution is -2.19. The Morgan fingerprint density at radius 1 is 1.26 bits per heavy atom. The van der Waals surface area contributed by atoms with Crippen molar-refractivity contribution in [3.8, 4) is 0 Å². The third-order valence-electron chi connectivity index (χ3n) is 4.08. The van der Waals surface area contributed by atoms with Crippen LogP contribution in [0.1, 0.15) is 63.8 Å². The highest BCUT2D eigenvalue weighted by atomic mass is 16.1. The van der Waals surface area contributed by atoms with Crippen LogP contribution in [0.15, 0.2) is 16.9 Å². The van der Waals surface area contributed by atoms with Gasteiger partial charge in [-0.25, -0.2) is 9.50 Å². The second-order valence-corrected chi connectivity index (χ2v) is 6.62. The fourth-order valence-corrected chi connectivity index (χ4v) is 2.83. The Hall–Kier alpha value is -1.58. The van der Waals surface area contributed by atoms with Crippen LogP contribution in [-0.4, -0.2) is 14.6 Å². The molecule has 0 bridgehead atoms. The number of aromatic nitrogens is 3. The van der Waals surface area contributed by atoms with E-state index in [1.54, 1.807) is 10.6 Å². The predicted octanol–water partition coefficient (Wildman–Crippen LogP) is 2.98. The van der Waals surface area contributed by atoms with Crippen molar-refractivity contribution in [1.82, 2.24) is 14.6 Å². The number of fused-ring (bicyclic) bond motifs is 1. The normalized spacial score (nSPS) is 17.4. The number of H-pyrrole nitrogens is 1. The Morgan fingerprint density at radius 2 is 1.95 bits per heavy atom. The van der Waals surface area contributed by atoms with Crippen LogP contribution in [0.4, 0.5) is 0 Å². The van der Waals surface area contributed by atoms with Gasteiger partial charge >= 0.3 is 0 Å². The van der Waals surface area contributed by atoms with Crippen LogP contribution >= 0.6 is 0 Å². The van der Waals surface area contributed by atoms with Gasteiger partial charge in [0.2, 0.25) is 0 Å². The third kappa shape index (κ3) is 2.20. The number of hydrogen-bond acceptors (Lipinski definition) is 2. The Bertz CT molecular complexity index is 654. The number of hydrogen-bond donors (Lipinski definition) is 1. The van der Waals surface area contributed by atoms with Gasteiger partial charge in [0.25, 0.3) is 5.56 Å². The first kappa shape index (κ1) is 12.5. The van der Waals surface area contributed by atoms with Gasteiger partial charge in [-0.05, 0) is 29.9 Å². The van der Waals surface area contributed by atoms with Crippen LogP contribution in [0.5, 0.6) is 0 Å². The van der Waals surface area contributed by atoms with Crippen LogP contribution in [-0.2, 0) is 5.41 Å². The summed E-state index contributed by atoms with van der Waals surface area (Å²) in [6.07, 6.45) is 4.90. The van der Waals surface area contributed by atoms with Gasteiger partial charge in [0.1, 0.15) is 5.82 Å². The summed E-state index contributed by atoms with van der Waals surface area (Å²) < 4.78 is 1.57. The van der Waals surface area contributed by atoms with Gasteiger partial charge in [-0.15, -0.1) is 0 Å². The molecule has 1 fully saturated rings. The highest BCUT2D eigenvalue weighted by Crippen LogP contribution is 2.32. The van der Waals surface area contributed by atoms with E-state index in [2.05, 4.69) is 30.9 Å². The first-order valence-corrected chi connectivity index (χ1v) is 7.08. The minimum Gasteiger partial charge on any atom is -0.276 e. The van der Waals surface area contributed by atoms with Crippen LogP contribution in [0, 0.1) is 0 Å².